The summed E-state index contributed by atoms with van der Waals surface area (Å²) in [6, 6.07) is 8.06. The molecule has 5 nitrogen and oxygen atoms in total. The molecule has 0 radical (unpaired) electrons. The molecule has 1 aromatic carbocycles. The topological polar surface area (TPSA) is 59.8 Å². The Morgan fingerprint density at radius 2 is 2.04 bits per heavy atom. The normalized spacial score (nSPS) is 16.3. The molecule has 3 rings (SSSR count). The molecule has 1 atom stereocenters. The molecule has 1 aromatic heterocycles. The predicted octanol–water partition coefficient (Wildman–Crippen LogP) is 3.94. The van der Waals surface area contributed by atoms with E-state index >= 15 is 0 Å². The number of amides is 1. The summed E-state index contributed by atoms with van der Waals surface area (Å²) >= 11 is 7.82. The third kappa shape index (κ3) is 3.44. The number of hydrogen-bond donors (Lipinski definition) is 1. The minimum absolute atomic E-state index is 0.0136. The summed E-state index contributed by atoms with van der Waals surface area (Å²) in [4.78, 5) is 11.9. The lowest BCUT2D eigenvalue weighted by atomic mass is 10.2. The van der Waals surface area contributed by atoms with Crippen molar-refractivity contribution in [2.24, 2.45) is 0 Å². The lowest BCUT2D eigenvalue weighted by molar-refractivity contribution is -0.119. The van der Waals surface area contributed by atoms with Gasteiger partial charge in [-0.05, 0) is 31.9 Å². The highest BCUT2D eigenvalue weighted by Gasteiger charge is 2.27. The monoisotopic (exact) mass is 364 g/mol. The average Bonchev–Trinajstić information content (AvgIpc) is 3.23. The molecule has 1 saturated carbocycles. The minimum atomic E-state index is -0.224. The minimum Gasteiger partial charge on any atom is -0.358 e. The first kappa shape index (κ1) is 17.3. The Morgan fingerprint density at radius 3 is 2.71 bits per heavy atom. The fourth-order valence-electron chi connectivity index (χ4n) is 3.09. The highest BCUT2D eigenvalue weighted by Crippen LogP contribution is 2.38. The van der Waals surface area contributed by atoms with E-state index in [9.17, 15) is 4.79 Å². The molecule has 1 amide bonds. The van der Waals surface area contributed by atoms with Crippen LogP contribution in [0, 0.1) is 0 Å². The van der Waals surface area contributed by atoms with E-state index in [-0.39, 0.29) is 11.2 Å². The number of halogens is 1. The molecule has 1 heterocycles. The van der Waals surface area contributed by atoms with Crippen LogP contribution in [0.25, 0.3) is 11.4 Å². The van der Waals surface area contributed by atoms with E-state index < -0.39 is 0 Å². The molecule has 1 fully saturated rings. The Bertz CT molecular complexity index is 727. The number of aromatic nitrogens is 3. The zero-order chi connectivity index (χ0) is 17.1. The molecule has 1 aliphatic rings. The fourth-order valence-corrected chi connectivity index (χ4v) is 4.29. The van der Waals surface area contributed by atoms with Gasteiger partial charge in [0, 0.05) is 18.7 Å². The number of hydrogen-bond acceptors (Lipinski definition) is 4. The van der Waals surface area contributed by atoms with Crippen molar-refractivity contribution in [3.8, 4) is 11.4 Å². The Balaban J connectivity index is 2.01. The SMILES string of the molecule is CNC(=O)C(C)Sc1nnc(-c2ccccc2Cl)n1C1CCCC1. The average molecular weight is 365 g/mol. The second-order valence-electron chi connectivity index (χ2n) is 5.97. The van der Waals surface area contributed by atoms with Gasteiger partial charge in [0.15, 0.2) is 11.0 Å². The maximum atomic E-state index is 11.9. The van der Waals surface area contributed by atoms with E-state index in [1.54, 1.807) is 7.05 Å². The van der Waals surface area contributed by atoms with Crippen molar-refractivity contribution in [1.29, 1.82) is 0 Å². The molecule has 0 aliphatic heterocycles. The first-order valence-corrected chi connectivity index (χ1v) is 9.45. The van der Waals surface area contributed by atoms with Crippen molar-refractivity contribution in [3.05, 3.63) is 29.3 Å². The highest BCUT2D eigenvalue weighted by atomic mass is 35.5. The maximum Gasteiger partial charge on any atom is 0.233 e. The lowest BCUT2D eigenvalue weighted by Gasteiger charge is -2.18. The molecule has 1 unspecified atom stereocenters. The summed E-state index contributed by atoms with van der Waals surface area (Å²) in [6.07, 6.45) is 4.63. The van der Waals surface area contributed by atoms with Gasteiger partial charge >= 0.3 is 0 Å². The van der Waals surface area contributed by atoms with E-state index in [2.05, 4.69) is 20.1 Å². The van der Waals surface area contributed by atoms with Gasteiger partial charge < -0.3 is 5.32 Å². The summed E-state index contributed by atoms with van der Waals surface area (Å²) in [6.45, 7) is 1.88. The van der Waals surface area contributed by atoms with Crippen LogP contribution < -0.4 is 5.32 Å². The van der Waals surface area contributed by atoms with E-state index in [0.717, 1.165) is 29.4 Å². The maximum absolute atomic E-state index is 11.9. The van der Waals surface area contributed by atoms with Crippen LogP contribution in [0.4, 0.5) is 0 Å². The molecular weight excluding hydrogens is 344 g/mol. The van der Waals surface area contributed by atoms with E-state index in [0.29, 0.717) is 11.1 Å². The molecule has 0 bridgehead atoms. The van der Waals surface area contributed by atoms with Crippen LogP contribution in [-0.2, 0) is 4.79 Å². The van der Waals surface area contributed by atoms with Gasteiger partial charge in [-0.15, -0.1) is 10.2 Å². The molecule has 0 spiro atoms. The number of nitrogens with one attached hydrogen (secondary N) is 1. The smallest absolute Gasteiger partial charge is 0.233 e. The van der Waals surface area contributed by atoms with Gasteiger partial charge in [0.05, 0.1) is 10.3 Å². The highest BCUT2D eigenvalue weighted by molar-refractivity contribution is 8.00. The van der Waals surface area contributed by atoms with E-state index in [4.69, 9.17) is 11.6 Å². The van der Waals surface area contributed by atoms with Gasteiger partial charge in [-0.25, -0.2) is 0 Å². The number of benzene rings is 1. The van der Waals surface area contributed by atoms with Crippen molar-refractivity contribution in [2.45, 2.75) is 49.1 Å². The van der Waals surface area contributed by atoms with Crippen LogP contribution in [0.1, 0.15) is 38.6 Å². The quantitative estimate of drug-likeness (QED) is 0.816. The molecule has 1 aliphatic carbocycles. The van der Waals surface area contributed by atoms with Crippen LogP contribution in [0.3, 0.4) is 0 Å². The zero-order valence-electron chi connectivity index (χ0n) is 13.8. The van der Waals surface area contributed by atoms with Crippen LogP contribution in [0.5, 0.6) is 0 Å². The van der Waals surface area contributed by atoms with Gasteiger partial charge in [-0.3, -0.25) is 9.36 Å². The largest absolute Gasteiger partial charge is 0.358 e. The third-order valence-electron chi connectivity index (χ3n) is 4.37. The van der Waals surface area contributed by atoms with Gasteiger partial charge in [0.1, 0.15) is 0 Å². The van der Waals surface area contributed by atoms with E-state index in [1.807, 2.05) is 31.2 Å². The Labute approximate surface area is 151 Å². The molecular formula is C17H21ClN4OS. The molecule has 7 heteroatoms. The number of carbonyl (C=O) groups is 1. The second kappa shape index (κ2) is 7.57. The fraction of sp³-hybridized carbons (Fsp3) is 0.471. The van der Waals surface area contributed by atoms with E-state index in [1.165, 1.54) is 24.6 Å². The lowest BCUT2D eigenvalue weighted by Crippen LogP contribution is -2.27. The first-order chi connectivity index (χ1) is 11.6. The Morgan fingerprint density at radius 1 is 1.33 bits per heavy atom. The van der Waals surface area contributed by atoms with Crippen molar-refractivity contribution < 1.29 is 4.79 Å². The van der Waals surface area contributed by atoms with Crippen LogP contribution in [0.15, 0.2) is 29.4 Å². The van der Waals surface area contributed by atoms with Gasteiger partial charge in [0.2, 0.25) is 5.91 Å². The zero-order valence-corrected chi connectivity index (χ0v) is 15.4. The number of carbonyl (C=O) groups excluding carboxylic acids is 1. The molecule has 1 N–H and O–H groups in total. The molecule has 0 saturated heterocycles. The molecule has 24 heavy (non-hydrogen) atoms. The van der Waals surface area contributed by atoms with Crippen molar-refractivity contribution in [2.75, 3.05) is 7.05 Å². The number of thioether (sulfide) groups is 1. The number of nitrogens with zero attached hydrogens (tertiary/aromatic N) is 3. The van der Waals surface area contributed by atoms with Crippen LogP contribution in [0.2, 0.25) is 5.02 Å². The molecule has 2 aromatic rings. The summed E-state index contributed by atoms with van der Waals surface area (Å²) in [5.41, 5.74) is 0.887. The predicted molar refractivity (Wildman–Crippen MR) is 97.4 cm³/mol. The number of rotatable bonds is 5. The summed E-state index contributed by atoms with van der Waals surface area (Å²) in [5.74, 6) is 0.777. The first-order valence-electron chi connectivity index (χ1n) is 8.20. The van der Waals surface area contributed by atoms with Crippen LogP contribution >= 0.6 is 23.4 Å². The van der Waals surface area contributed by atoms with Gasteiger partial charge in [-0.2, -0.15) is 0 Å². The second-order valence-corrected chi connectivity index (χ2v) is 7.68. The summed E-state index contributed by atoms with van der Waals surface area (Å²) in [7, 11) is 1.65. The van der Waals surface area contributed by atoms with Crippen molar-refractivity contribution in [3.63, 3.8) is 0 Å². The third-order valence-corrected chi connectivity index (χ3v) is 5.75. The van der Waals surface area contributed by atoms with Crippen molar-refractivity contribution in [1.82, 2.24) is 20.1 Å². The van der Waals surface area contributed by atoms with Gasteiger partial charge in [0.25, 0.3) is 0 Å². The van der Waals surface area contributed by atoms with Crippen molar-refractivity contribution >= 4 is 29.3 Å². The standard InChI is InChI=1S/C17H21ClN4OS/c1-11(16(23)19-2)24-17-21-20-15(13-9-5-6-10-14(13)18)22(17)12-7-3-4-8-12/h5-6,9-12H,3-4,7-8H2,1-2H3,(H,19,23). The Kier molecular flexibility index (Phi) is 5.46. The summed E-state index contributed by atoms with van der Waals surface area (Å²) < 4.78 is 2.18. The van der Waals surface area contributed by atoms with Gasteiger partial charge in [-0.1, -0.05) is 48.3 Å². The molecule has 128 valence electrons. The van der Waals surface area contributed by atoms with Crippen LogP contribution in [-0.4, -0.2) is 33.0 Å². The summed E-state index contributed by atoms with van der Waals surface area (Å²) in [5, 5.41) is 12.7. The Hall–Kier alpha value is -1.53.